The van der Waals surface area contributed by atoms with Crippen LogP contribution >= 0.6 is 11.6 Å². The van der Waals surface area contributed by atoms with Gasteiger partial charge in [0.25, 0.3) is 10.0 Å². The van der Waals surface area contributed by atoms with Gasteiger partial charge in [0.15, 0.2) is 5.58 Å². The quantitative estimate of drug-likeness (QED) is 0.699. The van der Waals surface area contributed by atoms with E-state index in [1.165, 1.54) is 32.4 Å². The summed E-state index contributed by atoms with van der Waals surface area (Å²) in [6.45, 7) is 0. The highest BCUT2D eigenvalue weighted by atomic mass is 35.5. The lowest BCUT2D eigenvalue weighted by Gasteiger charge is -2.13. The molecule has 0 fully saturated rings. The Balaban J connectivity index is 2.08. The Hall–Kier alpha value is -2.65. The van der Waals surface area contributed by atoms with Gasteiger partial charge in [0, 0.05) is 12.1 Å². The highest BCUT2D eigenvalue weighted by Crippen LogP contribution is 2.33. The Morgan fingerprint density at radius 2 is 1.92 bits per heavy atom. The van der Waals surface area contributed by atoms with Gasteiger partial charge < -0.3 is 13.9 Å². The first-order chi connectivity index (χ1) is 11.8. The van der Waals surface area contributed by atoms with E-state index in [-0.39, 0.29) is 21.2 Å². The molecule has 2 N–H and O–H groups in total. The standard InChI is InChI=1S/C15H13ClN2O6S/c1-22-8-3-4-12(23-2)11(5-8)18-25(20,21)14-7-13-10(6-9(14)16)17-15(19)24-13/h3-7,18H,1-2H3,(H,17,19). The zero-order chi connectivity index (χ0) is 18.2. The predicted molar refractivity (Wildman–Crippen MR) is 92.2 cm³/mol. The van der Waals surface area contributed by atoms with Crippen molar-refractivity contribution in [2.75, 3.05) is 18.9 Å². The molecule has 0 saturated carbocycles. The van der Waals surface area contributed by atoms with Gasteiger partial charge in [-0.25, -0.2) is 13.2 Å². The third kappa shape index (κ3) is 3.28. The fourth-order valence-corrected chi connectivity index (χ4v) is 3.86. The molecule has 0 unspecified atom stereocenters. The van der Waals surface area contributed by atoms with Crippen molar-refractivity contribution < 1.29 is 22.3 Å². The average molecular weight is 385 g/mol. The number of benzene rings is 2. The summed E-state index contributed by atoms with van der Waals surface area (Å²) in [6.07, 6.45) is 0. The summed E-state index contributed by atoms with van der Waals surface area (Å²) < 4.78 is 43.0. The Labute approximate surface area is 147 Å². The Morgan fingerprint density at radius 1 is 1.16 bits per heavy atom. The third-order valence-corrected chi connectivity index (χ3v) is 5.24. The maximum Gasteiger partial charge on any atom is 0.417 e. The van der Waals surface area contributed by atoms with E-state index in [9.17, 15) is 13.2 Å². The van der Waals surface area contributed by atoms with E-state index >= 15 is 0 Å². The van der Waals surface area contributed by atoms with Gasteiger partial charge in [0.05, 0.1) is 30.4 Å². The molecule has 0 saturated heterocycles. The molecule has 0 aliphatic carbocycles. The first kappa shape index (κ1) is 17.2. The number of sulfonamides is 1. The summed E-state index contributed by atoms with van der Waals surface area (Å²) in [5, 5.41) is -0.0705. The van der Waals surface area contributed by atoms with Crippen molar-refractivity contribution in [1.82, 2.24) is 4.98 Å². The third-order valence-electron chi connectivity index (χ3n) is 3.41. The molecule has 3 rings (SSSR count). The van der Waals surface area contributed by atoms with Gasteiger partial charge in [-0.3, -0.25) is 9.71 Å². The van der Waals surface area contributed by atoms with Gasteiger partial charge in [-0.05, 0) is 18.2 Å². The molecule has 3 aromatic rings. The summed E-state index contributed by atoms with van der Waals surface area (Å²) in [4.78, 5) is 13.4. The van der Waals surface area contributed by atoms with Crippen LogP contribution in [0.5, 0.6) is 11.5 Å². The molecule has 25 heavy (non-hydrogen) atoms. The highest BCUT2D eigenvalue weighted by molar-refractivity contribution is 7.92. The van der Waals surface area contributed by atoms with E-state index in [2.05, 4.69) is 9.71 Å². The lowest BCUT2D eigenvalue weighted by atomic mass is 10.3. The second-order valence-electron chi connectivity index (χ2n) is 4.97. The van der Waals surface area contributed by atoms with Crippen LogP contribution < -0.4 is 20.0 Å². The van der Waals surface area contributed by atoms with Crippen LogP contribution in [0, 0.1) is 0 Å². The van der Waals surface area contributed by atoms with Crippen molar-refractivity contribution >= 4 is 38.4 Å². The number of aromatic nitrogens is 1. The number of oxazole rings is 1. The second kappa shape index (κ2) is 6.34. The van der Waals surface area contributed by atoms with Gasteiger partial charge in [-0.1, -0.05) is 11.6 Å². The highest BCUT2D eigenvalue weighted by Gasteiger charge is 2.22. The van der Waals surface area contributed by atoms with Crippen LogP contribution in [0.1, 0.15) is 0 Å². The zero-order valence-corrected chi connectivity index (χ0v) is 14.7. The van der Waals surface area contributed by atoms with Crippen molar-refractivity contribution in [3.63, 3.8) is 0 Å². The number of halogens is 1. The van der Waals surface area contributed by atoms with Gasteiger partial charge in [-0.15, -0.1) is 0 Å². The van der Waals surface area contributed by atoms with Crippen LogP contribution in [0.15, 0.2) is 44.4 Å². The Kier molecular flexibility index (Phi) is 4.36. The first-order valence-electron chi connectivity index (χ1n) is 6.91. The minimum Gasteiger partial charge on any atom is -0.497 e. The van der Waals surface area contributed by atoms with Crippen LogP contribution in [0.3, 0.4) is 0 Å². The molecule has 1 heterocycles. The summed E-state index contributed by atoms with van der Waals surface area (Å²) in [5.74, 6) is 0.0365. The molecule has 0 aliphatic rings. The molecule has 132 valence electrons. The minimum atomic E-state index is -4.08. The number of methoxy groups -OCH3 is 2. The predicted octanol–water partition coefficient (Wildman–Crippen LogP) is 2.59. The summed E-state index contributed by atoms with van der Waals surface area (Å²) in [5.41, 5.74) is 0.550. The van der Waals surface area contributed by atoms with Crippen LogP contribution in [-0.4, -0.2) is 27.6 Å². The summed E-state index contributed by atoms with van der Waals surface area (Å²) in [7, 11) is -1.21. The van der Waals surface area contributed by atoms with E-state index in [1.807, 2.05) is 0 Å². The molecule has 2 aromatic carbocycles. The lowest BCUT2D eigenvalue weighted by Crippen LogP contribution is -2.14. The SMILES string of the molecule is COc1ccc(OC)c(NS(=O)(=O)c2cc3oc(=O)[nH]c3cc2Cl)c1. The van der Waals surface area contributed by atoms with E-state index in [4.69, 9.17) is 25.5 Å². The van der Waals surface area contributed by atoms with Crippen LogP contribution in [0.4, 0.5) is 5.69 Å². The largest absolute Gasteiger partial charge is 0.497 e. The monoisotopic (exact) mass is 384 g/mol. The van der Waals surface area contributed by atoms with Crippen molar-refractivity contribution in [2.24, 2.45) is 0 Å². The first-order valence-corrected chi connectivity index (χ1v) is 8.77. The van der Waals surface area contributed by atoms with Crippen molar-refractivity contribution in [3.8, 4) is 11.5 Å². The summed E-state index contributed by atoms with van der Waals surface area (Å²) in [6, 6.07) is 7.14. The number of hydrogen-bond acceptors (Lipinski definition) is 6. The van der Waals surface area contributed by atoms with Crippen molar-refractivity contribution in [1.29, 1.82) is 0 Å². The molecule has 10 heteroatoms. The number of aromatic amines is 1. The number of ether oxygens (including phenoxy) is 2. The molecular formula is C15H13ClN2O6S. The van der Waals surface area contributed by atoms with Crippen molar-refractivity contribution in [2.45, 2.75) is 4.90 Å². The fraction of sp³-hybridized carbons (Fsp3) is 0.133. The van der Waals surface area contributed by atoms with Gasteiger partial charge >= 0.3 is 5.76 Å². The van der Waals surface area contributed by atoms with E-state index in [0.717, 1.165) is 0 Å². The summed E-state index contributed by atoms with van der Waals surface area (Å²) >= 11 is 6.06. The number of H-pyrrole nitrogens is 1. The lowest BCUT2D eigenvalue weighted by molar-refractivity contribution is 0.405. The molecule has 0 aliphatic heterocycles. The molecule has 0 atom stereocenters. The molecule has 1 aromatic heterocycles. The van der Waals surface area contributed by atoms with Crippen LogP contribution in [0.2, 0.25) is 5.02 Å². The Morgan fingerprint density at radius 3 is 2.60 bits per heavy atom. The molecule has 0 radical (unpaired) electrons. The number of nitrogens with one attached hydrogen (secondary N) is 2. The Bertz CT molecular complexity index is 1100. The molecule has 0 amide bonds. The minimum absolute atomic E-state index is 0.0705. The van der Waals surface area contributed by atoms with Gasteiger partial charge in [0.2, 0.25) is 0 Å². The number of rotatable bonds is 5. The fourth-order valence-electron chi connectivity index (χ4n) is 2.25. The molecule has 8 nitrogen and oxygen atoms in total. The number of fused-ring (bicyclic) bond motifs is 1. The smallest absolute Gasteiger partial charge is 0.417 e. The molecule has 0 bridgehead atoms. The van der Waals surface area contributed by atoms with E-state index in [1.54, 1.807) is 12.1 Å². The van der Waals surface area contributed by atoms with Gasteiger partial charge in [-0.2, -0.15) is 0 Å². The topological polar surface area (TPSA) is 111 Å². The molecule has 0 spiro atoms. The normalized spacial score (nSPS) is 11.5. The number of hydrogen-bond donors (Lipinski definition) is 2. The van der Waals surface area contributed by atoms with Crippen LogP contribution in [-0.2, 0) is 10.0 Å². The maximum atomic E-state index is 12.7. The van der Waals surface area contributed by atoms with E-state index in [0.29, 0.717) is 17.0 Å². The zero-order valence-electron chi connectivity index (χ0n) is 13.1. The van der Waals surface area contributed by atoms with Gasteiger partial charge in [0.1, 0.15) is 16.4 Å². The molecular weight excluding hydrogens is 372 g/mol. The second-order valence-corrected chi connectivity index (χ2v) is 7.02. The van der Waals surface area contributed by atoms with E-state index < -0.39 is 15.8 Å². The average Bonchev–Trinajstić information content (AvgIpc) is 2.92. The maximum absolute atomic E-state index is 12.7. The number of anilines is 1. The van der Waals surface area contributed by atoms with Crippen LogP contribution in [0.25, 0.3) is 11.1 Å². The van der Waals surface area contributed by atoms with Crippen molar-refractivity contribution in [3.05, 3.63) is 45.9 Å².